The molecule has 6 heteroatoms. The molecule has 0 aliphatic rings. The van der Waals surface area contributed by atoms with E-state index in [1.54, 1.807) is 11.9 Å². The molecule has 140 valence electrons. The third-order valence-electron chi connectivity index (χ3n) is 4.50. The van der Waals surface area contributed by atoms with Crippen LogP contribution in [0.15, 0.2) is 72.8 Å². The van der Waals surface area contributed by atoms with Crippen molar-refractivity contribution in [2.75, 3.05) is 7.05 Å². The summed E-state index contributed by atoms with van der Waals surface area (Å²) in [6, 6.07) is 23.2. The van der Waals surface area contributed by atoms with Crippen LogP contribution in [0.2, 0.25) is 5.02 Å². The van der Waals surface area contributed by atoms with Crippen LogP contribution in [0.4, 0.5) is 0 Å². The second-order valence-electron chi connectivity index (χ2n) is 6.50. The van der Waals surface area contributed by atoms with Gasteiger partial charge in [0.1, 0.15) is 5.82 Å². The molecule has 0 N–H and O–H groups in total. The third kappa shape index (κ3) is 3.77. The Labute approximate surface area is 181 Å². The Balaban J connectivity index is 1.75. The lowest BCUT2D eigenvalue weighted by atomic mass is 10.2. The number of imidazole rings is 1. The minimum atomic E-state index is -0.0387. The van der Waals surface area contributed by atoms with Gasteiger partial charge in [0.05, 0.1) is 17.6 Å². The summed E-state index contributed by atoms with van der Waals surface area (Å²) in [6.45, 7) is 0.380. The molecule has 4 aromatic rings. The highest BCUT2D eigenvalue weighted by Gasteiger charge is 2.18. The molecule has 4 rings (SSSR count). The molecular formula is C22H17ClIN3O. The zero-order valence-corrected chi connectivity index (χ0v) is 18.1. The van der Waals surface area contributed by atoms with Gasteiger partial charge in [0.25, 0.3) is 5.91 Å². The van der Waals surface area contributed by atoms with Crippen LogP contribution in [-0.4, -0.2) is 27.4 Å². The molecule has 0 aliphatic heterocycles. The Kier molecular flexibility index (Phi) is 5.37. The number of nitrogens with zero attached hydrogens (tertiary/aromatic N) is 3. The van der Waals surface area contributed by atoms with E-state index in [9.17, 15) is 4.79 Å². The third-order valence-corrected chi connectivity index (χ3v) is 5.40. The van der Waals surface area contributed by atoms with Gasteiger partial charge in [-0.25, -0.2) is 4.98 Å². The van der Waals surface area contributed by atoms with Crippen molar-refractivity contribution in [1.82, 2.24) is 14.5 Å². The monoisotopic (exact) mass is 501 g/mol. The molecule has 0 bridgehead atoms. The molecule has 4 nitrogen and oxygen atoms in total. The van der Waals surface area contributed by atoms with E-state index in [1.165, 1.54) is 0 Å². The highest BCUT2D eigenvalue weighted by Crippen LogP contribution is 2.25. The quantitative estimate of drug-likeness (QED) is 0.344. The zero-order valence-electron chi connectivity index (χ0n) is 15.1. The molecule has 0 spiro atoms. The molecule has 1 aromatic heterocycles. The Morgan fingerprint density at radius 3 is 2.61 bits per heavy atom. The fraction of sp³-hybridized carbons (Fsp3) is 0.0909. The first-order chi connectivity index (χ1) is 13.5. The van der Waals surface area contributed by atoms with Gasteiger partial charge in [0.2, 0.25) is 0 Å². The Hall–Kier alpha value is -2.38. The second-order valence-corrected chi connectivity index (χ2v) is 8.19. The number of halogens is 2. The zero-order chi connectivity index (χ0) is 19.7. The number of rotatable bonds is 4. The van der Waals surface area contributed by atoms with Gasteiger partial charge < -0.3 is 4.90 Å². The first-order valence-electron chi connectivity index (χ1n) is 8.76. The number of carbonyl (C=O) groups excluding carboxylic acids is 1. The summed E-state index contributed by atoms with van der Waals surface area (Å²) in [6.07, 6.45) is 0. The highest BCUT2D eigenvalue weighted by molar-refractivity contribution is 14.1. The number of para-hydroxylation sites is 1. The fourth-order valence-electron chi connectivity index (χ4n) is 3.20. The van der Waals surface area contributed by atoms with Crippen LogP contribution in [0, 0.1) is 3.57 Å². The van der Waals surface area contributed by atoms with Crippen LogP contribution >= 0.6 is 34.2 Å². The lowest BCUT2D eigenvalue weighted by Crippen LogP contribution is -2.27. The van der Waals surface area contributed by atoms with Gasteiger partial charge in [-0.2, -0.15) is 0 Å². The lowest BCUT2D eigenvalue weighted by molar-refractivity contribution is 0.0781. The van der Waals surface area contributed by atoms with Crippen molar-refractivity contribution in [3.8, 4) is 5.69 Å². The summed E-state index contributed by atoms with van der Waals surface area (Å²) in [5.41, 5.74) is 3.42. The summed E-state index contributed by atoms with van der Waals surface area (Å²) in [7, 11) is 1.80. The Morgan fingerprint density at radius 2 is 1.86 bits per heavy atom. The Bertz CT molecular complexity index is 1160. The van der Waals surface area contributed by atoms with Crippen molar-refractivity contribution >= 4 is 51.1 Å². The van der Waals surface area contributed by atoms with E-state index >= 15 is 0 Å². The summed E-state index contributed by atoms with van der Waals surface area (Å²) >= 11 is 8.44. The van der Waals surface area contributed by atoms with E-state index in [2.05, 4.69) is 27.2 Å². The molecule has 0 fully saturated rings. The number of benzene rings is 3. The number of carbonyl (C=O) groups is 1. The maximum atomic E-state index is 12.9. The lowest BCUT2D eigenvalue weighted by Gasteiger charge is -2.18. The first kappa shape index (κ1) is 19.0. The number of hydrogen-bond donors (Lipinski definition) is 0. The molecule has 3 aromatic carbocycles. The van der Waals surface area contributed by atoms with Gasteiger partial charge in [-0.05, 0) is 71.1 Å². The van der Waals surface area contributed by atoms with Crippen molar-refractivity contribution in [1.29, 1.82) is 0 Å². The first-order valence-corrected chi connectivity index (χ1v) is 10.2. The van der Waals surface area contributed by atoms with Gasteiger partial charge in [0.15, 0.2) is 0 Å². The average Bonchev–Trinajstić information content (AvgIpc) is 3.04. The van der Waals surface area contributed by atoms with Crippen molar-refractivity contribution < 1.29 is 4.79 Å². The van der Waals surface area contributed by atoms with E-state index in [0.29, 0.717) is 17.1 Å². The molecule has 0 unspecified atom stereocenters. The smallest absolute Gasteiger partial charge is 0.254 e. The van der Waals surface area contributed by atoms with Crippen molar-refractivity contribution in [3.63, 3.8) is 0 Å². The van der Waals surface area contributed by atoms with Crippen LogP contribution in [0.3, 0.4) is 0 Å². The van der Waals surface area contributed by atoms with Gasteiger partial charge in [-0.1, -0.05) is 35.9 Å². The van der Waals surface area contributed by atoms with Crippen LogP contribution in [0.25, 0.3) is 16.7 Å². The van der Waals surface area contributed by atoms with E-state index in [4.69, 9.17) is 16.6 Å². The van der Waals surface area contributed by atoms with Crippen molar-refractivity contribution in [2.24, 2.45) is 0 Å². The summed E-state index contributed by atoms with van der Waals surface area (Å²) in [5.74, 6) is 0.744. The topological polar surface area (TPSA) is 38.1 Å². The predicted molar refractivity (Wildman–Crippen MR) is 121 cm³/mol. The normalized spacial score (nSPS) is 11.0. The maximum Gasteiger partial charge on any atom is 0.254 e. The van der Waals surface area contributed by atoms with Crippen molar-refractivity contribution in [2.45, 2.75) is 6.54 Å². The molecule has 0 saturated carbocycles. The summed E-state index contributed by atoms with van der Waals surface area (Å²) in [4.78, 5) is 19.3. The highest BCUT2D eigenvalue weighted by atomic mass is 127. The fourth-order valence-corrected chi connectivity index (χ4v) is 3.90. The SMILES string of the molecule is CN(Cc1nc2ccc(Cl)cc2n1-c1ccccc1)C(=O)c1cccc(I)c1. The number of fused-ring (bicyclic) bond motifs is 1. The predicted octanol–water partition coefficient (Wildman–Crippen LogP) is 5.56. The van der Waals surface area contributed by atoms with Gasteiger partial charge in [-0.3, -0.25) is 9.36 Å². The summed E-state index contributed by atoms with van der Waals surface area (Å²) in [5, 5.41) is 0.652. The van der Waals surface area contributed by atoms with Crippen LogP contribution in [-0.2, 0) is 6.54 Å². The minimum Gasteiger partial charge on any atom is -0.334 e. The number of hydrogen-bond acceptors (Lipinski definition) is 2. The molecule has 0 atom stereocenters. The van der Waals surface area contributed by atoms with Crippen LogP contribution in [0.1, 0.15) is 16.2 Å². The van der Waals surface area contributed by atoms with E-state index < -0.39 is 0 Å². The van der Waals surface area contributed by atoms with Gasteiger partial charge in [-0.15, -0.1) is 0 Å². The maximum absolute atomic E-state index is 12.9. The average molecular weight is 502 g/mol. The molecule has 1 amide bonds. The molecule has 1 heterocycles. The molecule has 28 heavy (non-hydrogen) atoms. The summed E-state index contributed by atoms with van der Waals surface area (Å²) < 4.78 is 3.09. The number of aromatic nitrogens is 2. The van der Waals surface area contributed by atoms with Gasteiger partial charge in [0, 0.05) is 26.9 Å². The van der Waals surface area contributed by atoms with Gasteiger partial charge >= 0.3 is 0 Å². The largest absolute Gasteiger partial charge is 0.334 e. The molecule has 0 saturated heterocycles. The second kappa shape index (κ2) is 7.93. The van der Waals surface area contributed by atoms with Crippen LogP contribution in [0.5, 0.6) is 0 Å². The standard InChI is InChI=1S/C22H17ClIN3O/c1-26(22(28)15-6-5-7-17(24)12-15)14-21-25-19-11-10-16(23)13-20(19)27(21)18-8-3-2-4-9-18/h2-13H,14H2,1H3. The van der Waals surface area contributed by atoms with Crippen LogP contribution < -0.4 is 0 Å². The Morgan fingerprint density at radius 1 is 1.07 bits per heavy atom. The van der Waals surface area contributed by atoms with Crippen molar-refractivity contribution in [3.05, 3.63) is 92.8 Å². The van der Waals surface area contributed by atoms with E-state index in [1.807, 2.05) is 72.8 Å². The molecular weight excluding hydrogens is 485 g/mol. The molecule has 0 radical (unpaired) electrons. The van der Waals surface area contributed by atoms with E-state index in [0.717, 1.165) is 26.1 Å². The number of amides is 1. The van der Waals surface area contributed by atoms with E-state index in [-0.39, 0.29) is 5.91 Å². The molecule has 0 aliphatic carbocycles. The minimum absolute atomic E-state index is 0.0387.